The number of carbonyl (C=O) groups excluding carboxylic acids is 1. The molecule has 0 amide bonds. The zero-order chi connectivity index (χ0) is 16.8. The van der Waals surface area contributed by atoms with E-state index in [1.54, 1.807) is 35.2 Å². The molecule has 7 heteroatoms. The number of hydrogen-bond donors (Lipinski definition) is 1. The highest BCUT2D eigenvalue weighted by Gasteiger charge is 2.15. The Balaban J connectivity index is 1.50. The maximum Gasteiger partial charge on any atom is 0.337 e. The molecule has 1 aromatic heterocycles. The van der Waals surface area contributed by atoms with Gasteiger partial charge in [0.15, 0.2) is 4.34 Å². The van der Waals surface area contributed by atoms with Gasteiger partial charge < -0.3 is 10.1 Å². The Morgan fingerprint density at radius 3 is 2.71 bits per heavy atom. The summed E-state index contributed by atoms with van der Waals surface area (Å²) in [4.78, 5) is 11.4. The van der Waals surface area contributed by atoms with Crippen LogP contribution in [0, 0.1) is 0 Å². The molecule has 1 fully saturated rings. The van der Waals surface area contributed by atoms with Crippen LogP contribution in [0.4, 0.5) is 5.13 Å². The molecule has 0 aliphatic heterocycles. The molecule has 0 radical (unpaired) electrons. The number of carbonyl (C=O) groups is 1. The summed E-state index contributed by atoms with van der Waals surface area (Å²) in [5.41, 5.74) is 1.71. The molecule has 1 aliphatic carbocycles. The Kier molecular flexibility index (Phi) is 6.09. The topological polar surface area (TPSA) is 64.1 Å². The van der Waals surface area contributed by atoms with Crippen molar-refractivity contribution in [3.63, 3.8) is 0 Å². The number of thioether (sulfide) groups is 1. The predicted molar refractivity (Wildman–Crippen MR) is 97.7 cm³/mol. The monoisotopic (exact) mass is 363 g/mol. The molecule has 0 spiro atoms. The molecule has 24 heavy (non-hydrogen) atoms. The lowest BCUT2D eigenvalue weighted by atomic mass is 9.96. The second-order valence-electron chi connectivity index (χ2n) is 5.83. The summed E-state index contributed by atoms with van der Waals surface area (Å²) in [6.45, 7) is 0. The third-order valence-corrected chi connectivity index (χ3v) is 6.14. The highest BCUT2D eigenvalue weighted by Crippen LogP contribution is 2.30. The molecule has 1 saturated carbocycles. The average molecular weight is 364 g/mol. The smallest absolute Gasteiger partial charge is 0.337 e. The average Bonchev–Trinajstić information content (AvgIpc) is 3.08. The first kappa shape index (κ1) is 17.2. The first-order valence-corrected chi connectivity index (χ1v) is 9.95. The molecular weight excluding hydrogens is 342 g/mol. The van der Waals surface area contributed by atoms with E-state index in [0.717, 1.165) is 20.8 Å². The molecule has 1 aliphatic rings. The van der Waals surface area contributed by atoms with Crippen LogP contribution < -0.4 is 5.32 Å². The molecule has 5 nitrogen and oxygen atoms in total. The van der Waals surface area contributed by atoms with Gasteiger partial charge in [0.05, 0.1) is 12.7 Å². The summed E-state index contributed by atoms with van der Waals surface area (Å²) in [7, 11) is 1.39. The third kappa shape index (κ3) is 4.70. The molecule has 0 unspecified atom stereocenters. The number of hydrogen-bond acceptors (Lipinski definition) is 7. The first-order valence-electron chi connectivity index (χ1n) is 8.14. The van der Waals surface area contributed by atoms with Gasteiger partial charge in [-0.25, -0.2) is 4.79 Å². The molecule has 1 heterocycles. The van der Waals surface area contributed by atoms with Crippen LogP contribution in [-0.2, 0) is 10.5 Å². The number of nitrogens with one attached hydrogen (secondary N) is 1. The molecular formula is C17H21N3O2S2. The quantitative estimate of drug-likeness (QED) is 0.608. The molecule has 0 atom stereocenters. The maximum atomic E-state index is 11.4. The lowest BCUT2D eigenvalue weighted by Crippen LogP contribution is -2.21. The van der Waals surface area contributed by atoms with E-state index in [0.29, 0.717) is 11.6 Å². The lowest BCUT2D eigenvalue weighted by Gasteiger charge is -2.21. The molecule has 3 rings (SSSR count). The molecule has 1 aromatic carbocycles. The van der Waals surface area contributed by atoms with Crippen LogP contribution >= 0.6 is 23.1 Å². The number of anilines is 1. The van der Waals surface area contributed by atoms with Crippen LogP contribution in [0.3, 0.4) is 0 Å². The van der Waals surface area contributed by atoms with Crippen molar-refractivity contribution in [2.24, 2.45) is 0 Å². The summed E-state index contributed by atoms with van der Waals surface area (Å²) in [5.74, 6) is 0.497. The largest absolute Gasteiger partial charge is 0.465 e. The van der Waals surface area contributed by atoms with Gasteiger partial charge >= 0.3 is 5.97 Å². The Hall–Kier alpha value is -1.60. The lowest BCUT2D eigenvalue weighted by molar-refractivity contribution is 0.0600. The van der Waals surface area contributed by atoms with E-state index in [2.05, 4.69) is 15.5 Å². The van der Waals surface area contributed by atoms with E-state index < -0.39 is 0 Å². The second kappa shape index (κ2) is 8.48. The van der Waals surface area contributed by atoms with Crippen molar-refractivity contribution in [2.45, 2.75) is 48.2 Å². The highest BCUT2D eigenvalue weighted by molar-refractivity contribution is 8.00. The summed E-state index contributed by atoms with van der Waals surface area (Å²) in [5, 5.41) is 12.9. The first-order chi connectivity index (χ1) is 11.7. The standard InChI is InChI=1S/C17H21N3O2S2/c1-22-15(21)13-9-7-12(8-10-13)11-23-17-20-19-16(24-17)18-14-5-3-2-4-6-14/h7-10,14H,2-6,11H2,1H3,(H,18,19). The number of methoxy groups -OCH3 is 1. The van der Waals surface area contributed by atoms with Crippen molar-refractivity contribution < 1.29 is 9.53 Å². The van der Waals surface area contributed by atoms with E-state index >= 15 is 0 Å². The number of nitrogens with zero attached hydrogens (tertiary/aromatic N) is 2. The fraction of sp³-hybridized carbons (Fsp3) is 0.471. The Bertz CT molecular complexity index is 667. The zero-order valence-corrected chi connectivity index (χ0v) is 15.3. The van der Waals surface area contributed by atoms with Gasteiger partial charge in [-0.2, -0.15) is 0 Å². The van der Waals surface area contributed by atoms with Crippen molar-refractivity contribution >= 4 is 34.2 Å². The van der Waals surface area contributed by atoms with Crippen LogP contribution in [0.2, 0.25) is 0 Å². The van der Waals surface area contributed by atoms with Crippen molar-refractivity contribution in [3.8, 4) is 0 Å². The van der Waals surface area contributed by atoms with Crippen LogP contribution in [-0.4, -0.2) is 29.3 Å². The van der Waals surface area contributed by atoms with E-state index in [-0.39, 0.29) is 5.97 Å². The van der Waals surface area contributed by atoms with E-state index in [4.69, 9.17) is 4.74 Å². The SMILES string of the molecule is COC(=O)c1ccc(CSc2nnc(NC3CCCCC3)s2)cc1. The van der Waals surface area contributed by atoms with E-state index in [9.17, 15) is 4.79 Å². The normalized spacial score (nSPS) is 15.2. The van der Waals surface area contributed by atoms with Crippen molar-refractivity contribution in [2.75, 3.05) is 12.4 Å². The van der Waals surface area contributed by atoms with Gasteiger partial charge in [-0.3, -0.25) is 0 Å². The summed E-state index contributed by atoms with van der Waals surface area (Å²) >= 11 is 3.28. The second-order valence-corrected chi connectivity index (χ2v) is 8.03. The van der Waals surface area contributed by atoms with Gasteiger partial charge in [-0.15, -0.1) is 10.2 Å². The fourth-order valence-electron chi connectivity index (χ4n) is 2.75. The molecule has 128 valence electrons. The van der Waals surface area contributed by atoms with Gasteiger partial charge in [0.25, 0.3) is 0 Å². The minimum atomic E-state index is -0.309. The number of esters is 1. The van der Waals surface area contributed by atoms with Gasteiger partial charge in [-0.05, 0) is 30.5 Å². The maximum absolute atomic E-state index is 11.4. The fourth-order valence-corrected chi connectivity index (χ4v) is 4.53. The van der Waals surface area contributed by atoms with Crippen LogP contribution in [0.25, 0.3) is 0 Å². The Morgan fingerprint density at radius 1 is 1.25 bits per heavy atom. The number of ether oxygens (including phenoxy) is 1. The Labute approximate surface area is 150 Å². The van der Waals surface area contributed by atoms with Crippen molar-refractivity contribution in [3.05, 3.63) is 35.4 Å². The zero-order valence-electron chi connectivity index (χ0n) is 13.7. The van der Waals surface area contributed by atoms with Crippen LogP contribution in [0.5, 0.6) is 0 Å². The number of benzene rings is 1. The van der Waals surface area contributed by atoms with Crippen molar-refractivity contribution in [1.29, 1.82) is 0 Å². The van der Waals surface area contributed by atoms with Gasteiger partial charge in [0.1, 0.15) is 0 Å². The predicted octanol–water partition coefficient (Wildman–Crippen LogP) is 4.36. The van der Waals surface area contributed by atoms with E-state index in [1.807, 2.05) is 12.1 Å². The van der Waals surface area contributed by atoms with E-state index in [1.165, 1.54) is 39.2 Å². The number of aromatic nitrogens is 2. The van der Waals surface area contributed by atoms with Gasteiger partial charge in [0, 0.05) is 11.8 Å². The number of rotatable bonds is 6. The molecule has 0 saturated heterocycles. The summed E-state index contributed by atoms with van der Waals surface area (Å²) < 4.78 is 5.67. The van der Waals surface area contributed by atoms with Crippen molar-refractivity contribution in [1.82, 2.24) is 10.2 Å². The van der Waals surface area contributed by atoms with Gasteiger partial charge in [-0.1, -0.05) is 54.5 Å². The van der Waals surface area contributed by atoms with Crippen LogP contribution in [0.1, 0.15) is 48.0 Å². The highest BCUT2D eigenvalue weighted by atomic mass is 32.2. The van der Waals surface area contributed by atoms with Crippen LogP contribution in [0.15, 0.2) is 28.6 Å². The minimum absolute atomic E-state index is 0.309. The summed E-state index contributed by atoms with van der Waals surface area (Å²) in [6, 6.07) is 8.02. The summed E-state index contributed by atoms with van der Waals surface area (Å²) in [6.07, 6.45) is 6.42. The molecule has 2 aromatic rings. The Morgan fingerprint density at radius 2 is 2.00 bits per heavy atom. The third-order valence-electron chi connectivity index (χ3n) is 4.08. The minimum Gasteiger partial charge on any atom is -0.465 e. The molecule has 1 N–H and O–H groups in total. The van der Waals surface area contributed by atoms with Gasteiger partial charge in [0.2, 0.25) is 5.13 Å². The molecule has 0 bridgehead atoms.